The lowest BCUT2D eigenvalue weighted by Gasteiger charge is -2.35. The first-order valence-corrected chi connectivity index (χ1v) is 5.88. The van der Waals surface area contributed by atoms with Gasteiger partial charge in [-0.15, -0.1) is 11.8 Å². The van der Waals surface area contributed by atoms with Gasteiger partial charge in [0, 0.05) is 18.8 Å². The highest BCUT2D eigenvalue weighted by molar-refractivity contribution is 8.00. The van der Waals surface area contributed by atoms with Crippen molar-refractivity contribution in [3.63, 3.8) is 0 Å². The van der Waals surface area contributed by atoms with Crippen LogP contribution < -0.4 is 5.73 Å². The van der Waals surface area contributed by atoms with Gasteiger partial charge in [0.2, 0.25) is 5.91 Å². The van der Waals surface area contributed by atoms with Gasteiger partial charge in [-0.3, -0.25) is 4.79 Å². The number of hydrogen-bond donors (Lipinski definition) is 1. The number of carbonyl (C=O) groups is 1. The number of hydrogen-bond acceptors (Lipinski definition) is 3. The van der Waals surface area contributed by atoms with Gasteiger partial charge in [-0.05, 0) is 5.92 Å². The van der Waals surface area contributed by atoms with E-state index in [2.05, 4.69) is 13.8 Å². The Hall–Kier alpha value is -0.220. The Labute approximate surface area is 84.0 Å². The Balaban J connectivity index is 2.56. The van der Waals surface area contributed by atoms with Crippen LogP contribution in [-0.4, -0.2) is 41.4 Å². The third-order valence-corrected chi connectivity index (χ3v) is 3.20. The van der Waals surface area contributed by atoms with Gasteiger partial charge in [-0.25, -0.2) is 0 Å². The van der Waals surface area contributed by atoms with Crippen molar-refractivity contribution in [2.75, 3.05) is 24.6 Å². The van der Waals surface area contributed by atoms with Crippen LogP contribution in [0.15, 0.2) is 0 Å². The summed E-state index contributed by atoms with van der Waals surface area (Å²) in [6.07, 6.45) is 0. The number of nitrogens with zero attached hydrogens (tertiary/aromatic N) is 1. The number of rotatable bonds is 3. The molecule has 1 unspecified atom stereocenters. The quantitative estimate of drug-likeness (QED) is 0.727. The zero-order valence-electron chi connectivity index (χ0n) is 8.32. The highest BCUT2D eigenvalue weighted by Gasteiger charge is 2.27. The van der Waals surface area contributed by atoms with Crippen LogP contribution in [0.4, 0.5) is 0 Å². The summed E-state index contributed by atoms with van der Waals surface area (Å²) < 4.78 is 0. The van der Waals surface area contributed by atoms with E-state index >= 15 is 0 Å². The zero-order chi connectivity index (χ0) is 9.84. The van der Waals surface area contributed by atoms with E-state index in [1.165, 1.54) is 0 Å². The normalized spacial score (nSPS) is 24.2. The monoisotopic (exact) mass is 202 g/mol. The Bertz CT molecular complexity index is 184. The van der Waals surface area contributed by atoms with E-state index in [9.17, 15) is 4.79 Å². The van der Waals surface area contributed by atoms with Gasteiger partial charge in [0.1, 0.15) is 0 Å². The molecule has 3 nitrogen and oxygen atoms in total. The Morgan fingerprint density at radius 1 is 1.69 bits per heavy atom. The third-order valence-electron chi connectivity index (χ3n) is 2.13. The van der Waals surface area contributed by atoms with Crippen molar-refractivity contribution in [3.05, 3.63) is 0 Å². The van der Waals surface area contributed by atoms with Crippen molar-refractivity contribution in [1.29, 1.82) is 0 Å². The van der Waals surface area contributed by atoms with E-state index in [1.54, 1.807) is 11.8 Å². The standard InChI is InChI=1S/C9H18N2OS/c1-7(2)4-11-8(3-10)5-13-6-9(11)12/h7-8H,3-6,10H2,1-2H3. The Morgan fingerprint density at radius 2 is 2.38 bits per heavy atom. The maximum absolute atomic E-state index is 11.5. The lowest BCUT2D eigenvalue weighted by molar-refractivity contribution is -0.131. The van der Waals surface area contributed by atoms with Crippen LogP contribution in [0.2, 0.25) is 0 Å². The van der Waals surface area contributed by atoms with Crippen LogP contribution >= 0.6 is 11.8 Å². The van der Waals surface area contributed by atoms with Crippen LogP contribution in [0.1, 0.15) is 13.8 Å². The lowest BCUT2D eigenvalue weighted by atomic mass is 10.1. The molecule has 1 aliphatic rings. The fourth-order valence-electron chi connectivity index (χ4n) is 1.50. The molecule has 0 aliphatic carbocycles. The summed E-state index contributed by atoms with van der Waals surface area (Å²) in [6, 6.07) is 0.258. The molecule has 4 heteroatoms. The van der Waals surface area contributed by atoms with E-state index in [1.807, 2.05) is 4.90 Å². The first-order valence-electron chi connectivity index (χ1n) is 4.72. The first kappa shape index (κ1) is 10.9. The number of nitrogens with two attached hydrogens (primary N) is 1. The van der Waals surface area contributed by atoms with Crippen molar-refractivity contribution < 1.29 is 4.79 Å². The zero-order valence-corrected chi connectivity index (χ0v) is 9.14. The van der Waals surface area contributed by atoms with E-state index in [0.29, 0.717) is 18.2 Å². The van der Waals surface area contributed by atoms with Gasteiger partial charge in [-0.1, -0.05) is 13.8 Å². The topological polar surface area (TPSA) is 46.3 Å². The third kappa shape index (κ3) is 2.88. The van der Waals surface area contributed by atoms with Gasteiger partial charge >= 0.3 is 0 Å². The second-order valence-electron chi connectivity index (χ2n) is 3.84. The molecule has 0 radical (unpaired) electrons. The van der Waals surface area contributed by atoms with Crippen molar-refractivity contribution in [3.8, 4) is 0 Å². The molecule has 0 spiro atoms. The van der Waals surface area contributed by atoms with Crippen LogP contribution in [0.25, 0.3) is 0 Å². The summed E-state index contributed by atoms with van der Waals surface area (Å²) in [5.41, 5.74) is 5.62. The molecule has 0 aromatic rings. The fourth-order valence-corrected chi connectivity index (χ4v) is 2.54. The van der Waals surface area contributed by atoms with Gasteiger partial charge in [0.15, 0.2) is 0 Å². The number of amides is 1. The molecular weight excluding hydrogens is 184 g/mol. The van der Waals surface area contributed by atoms with Crippen molar-refractivity contribution in [2.45, 2.75) is 19.9 Å². The van der Waals surface area contributed by atoms with Crippen LogP contribution in [0, 0.1) is 5.92 Å². The van der Waals surface area contributed by atoms with Crippen LogP contribution in [-0.2, 0) is 4.79 Å². The van der Waals surface area contributed by atoms with E-state index < -0.39 is 0 Å². The maximum atomic E-state index is 11.5. The maximum Gasteiger partial charge on any atom is 0.232 e. The minimum absolute atomic E-state index is 0.250. The molecule has 1 heterocycles. The average Bonchev–Trinajstić information content (AvgIpc) is 2.08. The molecule has 1 aliphatic heterocycles. The molecule has 1 saturated heterocycles. The first-order chi connectivity index (χ1) is 6.15. The summed E-state index contributed by atoms with van der Waals surface area (Å²) in [7, 11) is 0. The van der Waals surface area contributed by atoms with E-state index in [-0.39, 0.29) is 11.9 Å². The van der Waals surface area contributed by atoms with Gasteiger partial charge in [0.25, 0.3) is 0 Å². The molecule has 1 amide bonds. The molecule has 1 fully saturated rings. The highest BCUT2D eigenvalue weighted by Crippen LogP contribution is 2.17. The molecule has 1 atom stereocenters. The summed E-state index contributed by atoms with van der Waals surface area (Å²) in [4.78, 5) is 13.5. The SMILES string of the molecule is CC(C)CN1C(=O)CSCC1CN. The second kappa shape index (κ2) is 4.86. The second-order valence-corrected chi connectivity index (χ2v) is 4.87. The van der Waals surface area contributed by atoms with Crippen LogP contribution in [0.5, 0.6) is 0 Å². The molecule has 76 valence electrons. The summed E-state index contributed by atoms with van der Waals surface area (Å²) in [6.45, 7) is 5.69. The Kier molecular flexibility index (Phi) is 4.06. The van der Waals surface area contributed by atoms with E-state index in [4.69, 9.17) is 5.73 Å². The van der Waals surface area contributed by atoms with Crippen molar-refractivity contribution in [1.82, 2.24) is 4.90 Å². The average molecular weight is 202 g/mol. The lowest BCUT2D eigenvalue weighted by Crippen LogP contribution is -2.51. The van der Waals surface area contributed by atoms with Crippen LogP contribution in [0.3, 0.4) is 0 Å². The fraction of sp³-hybridized carbons (Fsp3) is 0.889. The highest BCUT2D eigenvalue weighted by atomic mass is 32.2. The predicted octanol–water partition coefficient (Wildman–Crippen LogP) is 0.545. The molecule has 0 saturated carbocycles. The van der Waals surface area contributed by atoms with Crippen molar-refractivity contribution in [2.24, 2.45) is 11.7 Å². The molecule has 0 aromatic heterocycles. The number of thioether (sulfide) groups is 1. The predicted molar refractivity (Wildman–Crippen MR) is 56.7 cm³/mol. The minimum atomic E-state index is 0.250. The molecule has 1 rings (SSSR count). The van der Waals surface area contributed by atoms with Gasteiger partial charge in [0.05, 0.1) is 11.8 Å². The summed E-state index contributed by atoms with van der Waals surface area (Å²) in [5.74, 6) is 2.40. The molecule has 0 bridgehead atoms. The molecular formula is C9H18N2OS. The van der Waals surface area contributed by atoms with Gasteiger partial charge in [-0.2, -0.15) is 0 Å². The minimum Gasteiger partial charge on any atom is -0.337 e. The number of carbonyl (C=O) groups excluding carboxylic acids is 1. The molecule has 13 heavy (non-hydrogen) atoms. The largest absolute Gasteiger partial charge is 0.337 e. The Morgan fingerprint density at radius 3 is 2.92 bits per heavy atom. The van der Waals surface area contributed by atoms with Gasteiger partial charge < -0.3 is 10.6 Å². The van der Waals surface area contributed by atoms with E-state index in [0.717, 1.165) is 12.3 Å². The smallest absolute Gasteiger partial charge is 0.232 e. The summed E-state index contributed by atoms with van der Waals surface area (Å²) in [5, 5.41) is 0. The van der Waals surface area contributed by atoms with Crippen molar-refractivity contribution >= 4 is 17.7 Å². The molecule has 2 N–H and O–H groups in total. The summed E-state index contributed by atoms with van der Waals surface area (Å²) >= 11 is 1.70. The molecule has 0 aromatic carbocycles.